The third-order valence-electron chi connectivity index (χ3n) is 6.94. The Kier molecular flexibility index (Phi) is 9.35. The van der Waals surface area contributed by atoms with Crippen LogP contribution in [0.4, 0.5) is 15.3 Å². The third-order valence-corrected chi connectivity index (χ3v) is 11.3. The molecule has 1 aromatic rings. The van der Waals surface area contributed by atoms with Gasteiger partial charge < -0.3 is 29.2 Å². The normalized spacial score (nSPS) is 16.2. The number of carbonyl (C=O) groups is 2. The summed E-state index contributed by atoms with van der Waals surface area (Å²) in [5, 5.41) is 24.3. The first-order chi connectivity index (χ1) is 16.5. The summed E-state index contributed by atoms with van der Waals surface area (Å²) in [6, 6.07) is 0.791. The molecule has 0 aromatic heterocycles. The van der Waals surface area contributed by atoms with E-state index in [0.717, 1.165) is 0 Å². The topological polar surface area (TPSA) is 140 Å². The molecule has 0 spiro atoms. The molecule has 36 heavy (non-hydrogen) atoms. The van der Waals surface area contributed by atoms with Crippen molar-refractivity contribution >= 4 is 26.2 Å². The molecule has 1 aromatic carbocycles. The quantitative estimate of drug-likeness (QED) is 0.154. The molecule has 1 saturated heterocycles. The van der Waals surface area contributed by atoms with Gasteiger partial charge in [0.15, 0.2) is 5.75 Å². The summed E-state index contributed by atoms with van der Waals surface area (Å²) in [7, 11) is -2.51. The number of nitro benzene ring substituents is 1. The molecule has 0 bridgehead atoms. The highest BCUT2D eigenvalue weighted by molar-refractivity contribution is 6.74. The molecule has 2 rings (SSSR count). The average Bonchev–Trinajstić information content (AvgIpc) is 2.74. The smallest absolute Gasteiger partial charge is 0.511 e. The number of urea groups is 1. The van der Waals surface area contributed by atoms with Gasteiger partial charge in [-0.3, -0.25) is 10.1 Å². The van der Waals surface area contributed by atoms with Crippen LogP contribution in [-0.4, -0.2) is 67.8 Å². The van der Waals surface area contributed by atoms with E-state index in [9.17, 15) is 24.8 Å². The lowest BCUT2D eigenvalue weighted by Crippen LogP contribution is -2.48. The van der Waals surface area contributed by atoms with Crippen LogP contribution < -0.4 is 14.5 Å². The van der Waals surface area contributed by atoms with Crippen LogP contribution in [0.15, 0.2) is 6.07 Å². The molecule has 0 saturated carbocycles. The summed E-state index contributed by atoms with van der Waals surface area (Å²) in [5.74, 6) is -0.418. The second-order valence-corrected chi connectivity index (χ2v) is 15.6. The Morgan fingerprint density at radius 3 is 2.33 bits per heavy atom. The zero-order valence-corrected chi connectivity index (χ0v) is 23.5. The van der Waals surface area contributed by atoms with Crippen LogP contribution in [-0.2, 0) is 4.74 Å². The van der Waals surface area contributed by atoms with Crippen LogP contribution in [0.3, 0.4) is 0 Å². The Bertz CT molecular complexity index is 987. The second-order valence-electron chi connectivity index (χ2n) is 10.8. The lowest BCUT2D eigenvalue weighted by Gasteiger charge is -2.36. The molecule has 2 amide bonds. The van der Waals surface area contributed by atoms with Crippen LogP contribution in [0.1, 0.15) is 58.1 Å². The van der Waals surface area contributed by atoms with E-state index in [1.807, 2.05) is 47.7 Å². The maximum absolute atomic E-state index is 12.6. The van der Waals surface area contributed by atoms with Crippen molar-refractivity contribution in [1.82, 2.24) is 10.2 Å². The zero-order chi connectivity index (χ0) is 27.4. The van der Waals surface area contributed by atoms with Gasteiger partial charge in [0.1, 0.15) is 5.75 Å². The minimum atomic E-state index is -2.51. The van der Waals surface area contributed by atoms with E-state index in [-0.39, 0.29) is 34.3 Å². The molecule has 2 N–H and O–H groups in total. The number of nitrogens with one attached hydrogen (secondary N) is 1. The number of ether oxygens (including phenoxy) is 2. The van der Waals surface area contributed by atoms with Gasteiger partial charge in [-0.15, -0.1) is 0 Å². The van der Waals surface area contributed by atoms with E-state index in [1.54, 1.807) is 11.8 Å². The van der Waals surface area contributed by atoms with E-state index < -0.39 is 25.3 Å². The first-order valence-corrected chi connectivity index (χ1v) is 15.0. The second kappa shape index (κ2) is 11.5. The highest BCUT2D eigenvalue weighted by Gasteiger charge is 2.42. The molecule has 2 unspecified atom stereocenters. The average molecular weight is 526 g/mol. The number of morpholine rings is 1. The molecular formula is C24H39N3O8Si. The number of benzene rings is 1. The number of rotatable bonds is 8. The Hall–Kier alpha value is -2.86. The minimum absolute atomic E-state index is 0.000275. The lowest BCUT2D eigenvalue weighted by molar-refractivity contribution is -0.386. The molecule has 1 heterocycles. The third kappa shape index (κ3) is 7.09. The van der Waals surface area contributed by atoms with E-state index in [0.29, 0.717) is 43.9 Å². The van der Waals surface area contributed by atoms with Gasteiger partial charge in [0, 0.05) is 36.3 Å². The molecule has 11 nitrogen and oxygen atoms in total. The molecule has 0 aliphatic carbocycles. The number of carboxylic acid groups (broad SMARTS) is 1. The molecule has 1 aliphatic heterocycles. The van der Waals surface area contributed by atoms with Gasteiger partial charge in [-0.1, -0.05) is 27.7 Å². The maximum atomic E-state index is 12.6. The van der Waals surface area contributed by atoms with Gasteiger partial charge in [0.25, 0.3) is 8.32 Å². The van der Waals surface area contributed by atoms with Gasteiger partial charge in [0.05, 0.1) is 18.1 Å². The summed E-state index contributed by atoms with van der Waals surface area (Å²) >= 11 is 0. The molecule has 1 fully saturated rings. The van der Waals surface area contributed by atoms with Gasteiger partial charge >= 0.3 is 17.9 Å². The van der Waals surface area contributed by atoms with Crippen molar-refractivity contribution in [2.75, 3.05) is 26.3 Å². The van der Waals surface area contributed by atoms with Crippen LogP contribution >= 0.6 is 0 Å². The maximum Gasteiger partial charge on any atom is 0.511 e. The van der Waals surface area contributed by atoms with Crippen molar-refractivity contribution in [3.63, 3.8) is 0 Å². The van der Waals surface area contributed by atoms with E-state index in [2.05, 4.69) is 5.32 Å². The van der Waals surface area contributed by atoms with E-state index in [1.165, 1.54) is 6.07 Å². The standard InChI is InChI=1S/C24H39N3O8Si/c1-15(13-16(2)25-22(28)26-9-11-33-12-10-26)20-17(3)18(34-23(29)30)14-19(21(20)27(31)32)35-36(7,8)24(4,5)6/h14-16H,9-13H2,1-8H3,(H,25,28)(H,29,30). The number of hydrogen-bond donors (Lipinski definition) is 2. The largest absolute Gasteiger partial charge is 0.539 e. The molecule has 1 aliphatic rings. The van der Waals surface area contributed by atoms with E-state index in [4.69, 9.17) is 13.9 Å². The number of nitro groups is 1. The summed E-state index contributed by atoms with van der Waals surface area (Å²) in [6.45, 7) is 17.2. The number of hydrogen-bond acceptors (Lipinski definition) is 7. The zero-order valence-electron chi connectivity index (χ0n) is 22.5. The molecular weight excluding hydrogens is 486 g/mol. The first-order valence-electron chi connectivity index (χ1n) is 12.1. The van der Waals surface area contributed by atoms with Crippen molar-refractivity contribution in [3.8, 4) is 11.5 Å². The number of amides is 2. The Labute approximate surface area is 213 Å². The Balaban J connectivity index is 2.46. The number of carbonyl (C=O) groups excluding carboxylic acids is 1. The lowest BCUT2D eigenvalue weighted by atomic mass is 9.89. The molecule has 2 atom stereocenters. The fourth-order valence-electron chi connectivity index (χ4n) is 4.01. The van der Waals surface area contributed by atoms with Gasteiger partial charge in [-0.25, -0.2) is 9.59 Å². The Morgan fingerprint density at radius 1 is 1.25 bits per heavy atom. The SMILES string of the molecule is Cc1c(OC(=O)O)cc(O[Si](C)(C)C(C)(C)C)c([N+](=O)[O-])c1C(C)CC(C)NC(=O)N1CCOCC1. The summed E-state index contributed by atoms with van der Waals surface area (Å²) in [4.78, 5) is 37.5. The minimum Gasteiger partial charge on any atom is -0.539 e. The van der Waals surface area contributed by atoms with Gasteiger partial charge in [-0.05, 0) is 44.3 Å². The summed E-state index contributed by atoms with van der Waals surface area (Å²) < 4.78 is 16.6. The van der Waals surface area contributed by atoms with Crippen LogP contribution in [0, 0.1) is 17.0 Å². The van der Waals surface area contributed by atoms with Crippen LogP contribution in [0.5, 0.6) is 11.5 Å². The van der Waals surface area contributed by atoms with Gasteiger partial charge in [0.2, 0.25) is 0 Å². The van der Waals surface area contributed by atoms with E-state index >= 15 is 0 Å². The highest BCUT2D eigenvalue weighted by atomic mass is 28.4. The summed E-state index contributed by atoms with van der Waals surface area (Å²) in [5.41, 5.74) is 0.486. The fraction of sp³-hybridized carbons (Fsp3) is 0.667. The van der Waals surface area contributed by atoms with Crippen molar-refractivity contribution in [2.45, 2.75) is 78.1 Å². The predicted octanol–water partition coefficient (Wildman–Crippen LogP) is 5.27. The van der Waals surface area contributed by atoms with Crippen molar-refractivity contribution < 1.29 is 33.5 Å². The molecule has 12 heteroatoms. The fourth-order valence-corrected chi connectivity index (χ4v) is 5.02. The number of nitrogens with zero attached hydrogens (tertiary/aromatic N) is 2. The van der Waals surface area contributed by atoms with Crippen LogP contribution in [0.2, 0.25) is 18.1 Å². The highest BCUT2D eigenvalue weighted by Crippen LogP contribution is 2.47. The van der Waals surface area contributed by atoms with Crippen LogP contribution in [0.25, 0.3) is 0 Å². The van der Waals surface area contributed by atoms with Crippen molar-refractivity contribution in [1.29, 1.82) is 0 Å². The summed E-state index contributed by atoms with van der Waals surface area (Å²) in [6.07, 6.45) is -1.14. The van der Waals surface area contributed by atoms with Crippen molar-refractivity contribution in [2.24, 2.45) is 0 Å². The van der Waals surface area contributed by atoms with Crippen molar-refractivity contribution in [3.05, 3.63) is 27.3 Å². The molecule has 202 valence electrons. The van der Waals surface area contributed by atoms with Gasteiger partial charge in [-0.2, -0.15) is 0 Å². The monoisotopic (exact) mass is 525 g/mol. The molecule has 0 radical (unpaired) electrons. The Morgan fingerprint density at radius 2 is 1.83 bits per heavy atom. The first kappa shape index (κ1) is 29.4. The predicted molar refractivity (Wildman–Crippen MR) is 138 cm³/mol.